The quantitative estimate of drug-likeness (QED) is 0.491. The molecule has 0 fully saturated rings. The minimum atomic E-state index is 0.501. The maximum Gasteiger partial charge on any atom is 0.191 e. The number of fused-ring (bicyclic) bond motifs is 2. The average Bonchev–Trinajstić information content (AvgIpc) is 3.16. The van der Waals surface area contributed by atoms with Crippen LogP contribution in [0.1, 0.15) is 11.1 Å². The van der Waals surface area contributed by atoms with Crippen LogP contribution in [0.25, 0.3) is 10.9 Å². The van der Waals surface area contributed by atoms with Gasteiger partial charge in [0.05, 0.1) is 23.8 Å². The lowest BCUT2D eigenvalue weighted by Gasteiger charge is -2.17. The first kappa shape index (κ1) is 16.9. The number of pyridine rings is 2. The van der Waals surface area contributed by atoms with Gasteiger partial charge in [-0.25, -0.2) is 15.0 Å². The molecule has 1 aliphatic heterocycles. The van der Waals surface area contributed by atoms with Crippen molar-refractivity contribution in [1.82, 2.24) is 25.5 Å². The van der Waals surface area contributed by atoms with Gasteiger partial charge in [0.15, 0.2) is 17.5 Å². The number of benzene rings is 1. The minimum absolute atomic E-state index is 0.501. The number of nitriles is 1. The lowest BCUT2D eigenvalue weighted by Crippen LogP contribution is -2.35. The molecular formula is C20H15N9. The molecule has 9 nitrogen and oxygen atoms in total. The molecule has 4 aromatic rings. The summed E-state index contributed by atoms with van der Waals surface area (Å²) in [5.41, 5.74) is 8.69. The fourth-order valence-electron chi connectivity index (χ4n) is 3.07. The molecule has 1 aromatic carbocycles. The second kappa shape index (κ2) is 7.03. The predicted octanol–water partition coefficient (Wildman–Crippen LogP) is 2.89. The molecule has 0 saturated carbocycles. The zero-order valence-corrected chi connectivity index (χ0v) is 15.2. The lowest BCUT2D eigenvalue weighted by atomic mass is 10.1. The van der Waals surface area contributed by atoms with E-state index < -0.39 is 0 Å². The molecule has 0 spiro atoms. The van der Waals surface area contributed by atoms with Gasteiger partial charge in [0.25, 0.3) is 0 Å². The SMILES string of the molecule is N#Cc1ccc(Nc2cnc3c(n2)N(Cc2ccc4ncccc4c2)NN3)nc1. The zero-order valence-electron chi connectivity index (χ0n) is 15.2. The Hall–Kier alpha value is -4.29. The highest BCUT2D eigenvalue weighted by Crippen LogP contribution is 2.28. The molecular weight excluding hydrogens is 366 g/mol. The summed E-state index contributed by atoms with van der Waals surface area (Å²) in [5.74, 6) is 2.46. The largest absolute Gasteiger partial charge is 0.324 e. The molecule has 3 N–H and O–H groups in total. The van der Waals surface area contributed by atoms with Gasteiger partial charge in [-0.2, -0.15) is 5.26 Å². The summed E-state index contributed by atoms with van der Waals surface area (Å²) in [6.45, 7) is 0.595. The number of nitrogens with one attached hydrogen (secondary N) is 3. The van der Waals surface area contributed by atoms with Crippen LogP contribution in [-0.4, -0.2) is 19.9 Å². The van der Waals surface area contributed by atoms with Crippen molar-refractivity contribution in [2.24, 2.45) is 0 Å². The predicted molar refractivity (Wildman–Crippen MR) is 109 cm³/mol. The molecule has 140 valence electrons. The molecule has 3 aromatic heterocycles. The van der Waals surface area contributed by atoms with Crippen molar-refractivity contribution in [3.8, 4) is 6.07 Å². The number of hydrazine groups is 2. The molecule has 5 rings (SSSR count). The van der Waals surface area contributed by atoms with Crippen molar-refractivity contribution in [1.29, 1.82) is 5.26 Å². The molecule has 0 unspecified atom stereocenters. The highest BCUT2D eigenvalue weighted by atomic mass is 15.7. The van der Waals surface area contributed by atoms with Crippen LogP contribution in [0.4, 0.5) is 23.3 Å². The summed E-state index contributed by atoms with van der Waals surface area (Å²) in [4.78, 5) is 17.6. The topological polar surface area (TPSA) is 115 Å². The molecule has 0 amide bonds. The van der Waals surface area contributed by atoms with E-state index in [0.717, 1.165) is 16.5 Å². The van der Waals surface area contributed by atoms with Gasteiger partial charge >= 0.3 is 0 Å². The maximum atomic E-state index is 8.88. The smallest absolute Gasteiger partial charge is 0.191 e. The van der Waals surface area contributed by atoms with Gasteiger partial charge in [-0.15, -0.1) is 5.53 Å². The van der Waals surface area contributed by atoms with E-state index in [1.165, 1.54) is 6.20 Å². The third-order valence-electron chi connectivity index (χ3n) is 4.48. The van der Waals surface area contributed by atoms with Crippen LogP contribution in [0.15, 0.2) is 61.1 Å². The third kappa shape index (κ3) is 3.36. The first-order valence-corrected chi connectivity index (χ1v) is 8.91. The van der Waals surface area contributed by atoms with Crippen LogP contribution in [0.2, 0.25) is 0 Å². The Morgan fingerprint density at radius 3 is 2.86 bits per heavy atom. The Bertz CT molecular complexity index is 1230. The first-order chi connectivity index (χ1) is 14.3. The highest BCUT2D eigenvalue weighted by molar-refractivity contribution is 5.79. The van der Waals surface area contributed by atoms with Gasteiger partial charge in [0.1, 0.15) is 11.9 Å². The Morgan fingerprint density at radius 2 is 2.00 bits per heavy atom. The van der Waals surface area contributed by atoms with E-state index in [-0.39, 0.29) is 0 Å². The number of hydrogen-bond acceptors (Lipinski definition) is 9. The van der Waals surface area contributed by atoms with Crippen molar-refractivity contribution in [3.05, 3.63) is 72.2 Å². The van der Waals surface area contributed by atoms with Crippen molar-refractivity contribution >= 4 is 34.2 Å². The van der Waals surface area contributed by atoms with E-state index in [1.807, 2.05) is 35.3 Å². The Morgan fingerprint density at radius 1 is 1.03 bits per heavy atom. The maximum absolute atomic E-state index is 8.88. The van der Waals surface area contributed by atoms with Gasteiger partial charge < -0.3 is 5.32 Å². The van der Waals surface area contributed by atoms with E-state index in [9.17, 15) is 0 Å². The summed E-state index contributed by atoms with van der Waals surface area (Å²) in [6, 6.07) is 15.6. The normalized spacial score (nSPS) is 12.3. The van der Waals surface area contributed by atoms with E-state index in [0.29, 0.717) is 35.4 Å². The Balaban J connectivity index is 1.37. The highest BCUT2D eigenvalue weighted by Gasteiger charge is 2.22. The Kier molecular flexibility index (Phi) is 4.08. The van der Waals surface area contributed by atoms with Gasteiger partial charge in [-0.05, 0) is 35.9 Å². The van der Waals surface area contributed by atoms with Crippen LogP contribution in [0, 0.1) is 11.3 Å². The van der Waals surface area contributed by atoms with Crippen LogP contribution < -0.4 is 21.3 Å². The van der Waals surface area contributed by atoms with E-state index in [2.05, 4.69) is 42.3 Å². The van der Waals surface area contributed by atoms with Gasteiger partial charge in [-0.1, -0.05) is 12.1 Å². The number of nitrogens with zero attached hydrogens (tertiary/aromatic N) is 6. The van der Waals surface area contributed by atoms with E-state index in [1.54, 1.807) is 24.5 Å². The van der Waals surface area contributed by atoms with E-state index >= 15 is 0 Å². The van der Waals surface area contributed by atoms with E-state index in [4.69, 9.17) is 5.26 Å². The summed E-state index contributed by atoms with van der Waals surface area (Å²) < 4.78 is 0. The number of hydrogen-bond donors (Lipinski definition) is 3. The summed E-state index contributed by atoms with van der Waals surface area (Å²) in [6.07, 6.45) is 4.92. The number of aromatic nitrogens is 4. The molecule has 1 aliphatic rings. The fraction of sp³-hybridized carbons (Fsp3) is 0.0500. The second-order valence-electron chi connectivity index (χ2n) is 6.45. The monoisotopic (exact) mass is 381 g/mol. The number of anilines is 4. The van der Waals surface area contributed by atoms with Crippen molar-refractivity contribution in [2.45, 2.75) is 6.54 Å². The van der Waals surface area contributed by atoms with Gasteiger partial charge in [0, 0.05) is 17.8 Å². The second-order valence-corrected chi connectivity index (χ2v) is 6.45. The Labute approximate surface area is 166 Å². The van der Waals surface area contributed by atoms with Crippen molar-refractivity contribution in [2.75, 3.05) is 15.8 Å². The average molecular weight is 381 g/mol. The molecule has 0 atom stereocenters. The lowest BCUT2D eigenvalue weighted by molar-refractivity contribution is 0.717. The molecule has 29 heavy (non-hydrogen) atoms. The standard InChI is InChI=1S/C20H15N9/c21-9-14-4-6-17(23-10-14)25-18-11-24-19-20(26-18)29(28-27-19)12-13-3-5-16-15(8-13)2-1-7-22-16/h1-8,10-11,28H,12H2,(H,24,27)(H,23,25,26). The van der Waals surface area contributed by atoms with Crippen LogP contribution in [0.5, 0.6) is 0 Å². The molecule has 0 bridgehead atoms. The summed E-state index contributed by atoms with van der Waals surface area (Å²) in [5, 5.41) is 15.0. The molecule has 0 radical (unpaired) electrons. The summed E-state index contributed by atoms with van der Waals surface area (Å²) >= 11 is 0. The molecule has 0 saturated heterocycles. The van der Waals surface area contributed by atoms with Crippen LogP contribution >= 0.6 is 0 Å². The molecule has 9 heteroatoms. The first-order valence-electron chi connectivity index (χ1n) is 8.91. The van der Waals surface area contributed by atoms with Gasteiger partial charge in [0.2, 0.25) is 0 Å². The van der Waals surface area contributed by atoms with Crippen molar-refractivity contribution in [3.63, 3.8) is 0 Å². The minimum Gasteiger partial charge on any atom is -0.324 e. The van der Waals surface area contributed by atoms with Crippen LogP contribution in [0.3, 0.4) is 0 Å². The number of rotatable bonds is 4. The van der Waals surface area contributed by atoms with Crippen LogP contribution in [-0.2, 0) is 6.54 Å². The fourth-order valence-corrected chi connectivity index (χ4v) is 3.07. The summed E-state index contributed by atoms with van der Waals surface area (Å²) in [7, 11) is 0. The van der Waals surface area contributed by atoms with Gasteiger partial charge in [-0.3, -0.25) is 15.4 Å². The third-order valence-corrected chi connectivity index (χ3v) is 4.48. The zero-order chi connectivity index (χ0) is 19.6. The molecule has 4 heterocycles. The molecule has 0 aliphatic carbocycles. The van der Waals surface area contributed by atoms with Crippen molar-refractivity contribution < 1.29 is 0 Å².